The summed E-state index contributed by atoms with van der Waals surface area (Å²) in [5.74, 6) is 0.419. The molecule has 1 aliphatic rings. The average Bonchev–Trinajstić information content (AvgIpc) is 3.12. The van der Waals surface area contributed by atoms with Gasteiger partial charge in [0.05, 0.1) is 25.4 Å². The highest BCUT2D eigenvalue weighted by Crippen LogP contribution is 2.38. The summed E-state index contributed by atoms with van der Waals surface area (Å²) in [6, 6.07) is 5.51. The molecule has 2 heterocycles. The Morgan fingerprint density at radius 1 is 1.09 bits per heavy atom. The minimum absolute atomic E-state index is 0.283. The van der Waals surface area contributed by atoms with E-state index in [9.17, 15) is 9.59 Å². The van der Waals surface area contributed by atoms with Crippen molar-refractivity contribution in [2.75, 3.05) is 31.7 Å². The van der Waals surface area contributed by atoms with Gasteiger partial charge >= 0.3 is 5.97 Å². The molecular weight excluding hydrogens is 428 g/mol. The summed E-state index contributed by atoms with van der Waals surface area (Å²) < 4.78 is 16.5. The summed E-state index contributed by atoms with van der Waals surface area (Å²) in [6.07, 6.45) is 0.756. The van der Waals surface area contributed by atoms with Crippen LogP contribution < -0.4 is 14.8 Å². The van der Waals surface area contributed by atoms with Gasteiger partial charge in [0.1, 0.15) is 5.00 Å². The summed E-state index contributed by atoms with van der Waals surface area (Å²) in [4.78, 5) is 29.3. The molecule has 0 spiro atoms. The summed E-state index contributed by atoms with van der Waals surface area (Å²) in [5.41, 5.74) is 1.91. The van der Waals surface area contributed by atoms with Gasteiger partial charge in [-0.2, -0.15) is 0 Å². The molecule has 1 aromatic heterocycles. The van der Waals surface area contributed by atoms with Crippen LogP contribution in [0.1, 0.15) is 65.8 Å². The lowest BCUT2D eigenvalue weighted by atomic mass is 10.0. The lowest BCUT2D eigenvalue weighted by Crippen LogP contribution is -2.35. The number of esters is 1. The standard InChI is InChI=1S/C24H32N2O5S/c1-6-29-18-10-9-16(13-19(18)30-7-2)22(27)25-23-21(24(28)31-8-3)17-11-12-26(15(4)5)14-20(17)32-23/h9-10,13,15H,6-8,11-12,14H2,1-5H3,(H,25,27). The number of fused-ring (bicyclic) bond motifs is 1. The molecule has 7 nitrogen and oxygen atoms in total. The van der Waals surface area contributed by atoms with Crippen molar-refractivity contribution in [2.45, 2.75) is 53.6 Å². The van der Waals surface area contributed by atoms with E-state index in [1.807, 2.05) is 13.8 Å². The van der Waals surface area contributed by atoms with E-state index in [4.69, 9.17) is 14.2 Å². The van der Waals surface area contributed by atoms with Crippen molar-refractivity contribution >= 4 is 28.2 Å². The molecule has 0 saturated carbocycles. The predicted molar refractivity (Wildman–Crippen MR) is 126 cm³/mol. The van der Waals surface area contributed by atoms with Crippen LogP contribution in [0.25, 0.3) is 0 Å². The first kappa shape index (κ1) is 24.1. The molecule has 1 N–H and O–H groups in total. The number of rotatable bonds is 9. The van der Waals surface area contributed by atoms with Crippen molar-refractivity contribution in [3.63, 3.8) is 0 Å². The van der Waals surface area contributed by atoms with Crippen LogP contribution in [0.4, 0.5) is 5.00 Å². The third-order valence-corrected chi connectivity index (χ3v) is 6.46. The van der Waals surface area contributed by atoms with Crippen LogP contribution in [0.5, 0.6) is 11.5 Å². The van der Waals surface area contributed by atoms with Gasteiger partial charge in [0, 0.05) is 29.6 Å². The zero-order valence-electron chi connectivity index (χ0n) is 19.4. The topological polar surface area (TPSA) is 77.1 Å². The summed E-state index contributed by atoms with van der Waals surface area (Å²) >= 11 is 1.46. The number of anilines is 1. The van der Waals surface area contributed by atoms with Crippen molar-refractivity contribution < 1.29 is 23.8 Å². The summed E-state index contributed by atoms with van der Waals surface area (Å²) in [7, 11) is 0. The maximum Gasteiger partial charge on any atom is 0.341 e. The highest BCUT2D eigenvalue weighted by Gasteiger charge is 2.30. The van der Waals surface area contributed by atoms with Crippen molar-refractivity contribution in [1.82, 2.24) is 4.90 Å². The minimum Gasteiger partial charge on any atom is -0.490 e. The van der Waals surface area contributed by atoms with Crippen LogP contribution in [0.2, 0.25) is 0 Å². The van der Waals surface area contributed by atoms with Crippen molar-refractivity contribution in [1.29, 1.82) is 0 Å². The Balaban J connectivity index is 1.91. The molecule has 0 unspecified atom stereocenters. The zero-order chi connectivity index (χ0) is 23.3. The second-order valence-corrected chi connectivity index (χ2v) is 8.83. The first-order chi connectivity index (χ1) is 15.4. The number of nitrogens with zero attached hydrogens (tertiary/aromatic N) is 1. The molecular formula is C24H32N2O5S. The second-order valence-electron chi connectivity index (χ2n) is 7.72. The minimum atomic E-state index is -0.389. The van der Waals surface area contributed by atoms with E-state index in [1.54, 1.807) is 25.1 Å². The number of hydrogen-bond donors (Lipinski definition) is 1. The van der Waals surface area contributed by atoms with Crippen LogP contribution in [0.3, 0.4) is 0 Å². The smallest absolute Gasteiger partial charge is 0.341 e. The van der Waals surface area contributed by atoms with E-state index < -0.39 is 0 Å². The van der Waals surface area contributed by atoms with Gasteiger partial charge in [-0.3, -0.25) is 9.69 Å². The van der Waals surface area contributed by atoms with E-state index in [2.05, 4.69) is 24.1 Å². The number of ether oxygens (including phenoxy) is 3. The Morgan fingerprint density at radius 3 is 2.47 bits per heavy atom. The fourth-order valence-electron chi connectivity index (χ4n) is 3.74. The van der Waals surface area contributed by atoms with E-state index in [1.165, 1.54) is 11.3 Å². The van der Waals surface area contributed by atoms with Crippen LogP contribution in [-0.4, -0.2) is 49.2 Å². The third kappa shape index (κ3) is 5.24. The van der Waals surface area contributed by atoms with Gasteiger partial charge < -0.3 is 19.5 Å². The Kier molecular flexibility index (Phi) is 8.15. The molecule has 8 heteroatoms. The van der Waals surface area contributed by atoms with Gasteiger partial charge in [-0.1, -0.05) is 0 Å². The Hall–Kier alpha value is -2.58. The molecule has 0 bridgehead atoms. The van der Waals surface area contributed by atoms with Gasteiger partial charge in [0.15, 0.2) is 11.5 Å². The zero-order valence-corrected chi connectivity index (χ0v) is 20.3. The molecule has 1 amide bonds. The van der Waals surface area contributed by atoms with Crippen molar-refractivity contribution in [3.8, 4) is 11.5 Å². The normalized spacial score (nSPS) is 13.6. The molecule has 0 atom stereocenters. The quantitative estimate of drug-likeness (QED) is 0.545. The lowest BCUT2D eigenvalue weighted by molar-refractivity contribution is 0.0526. The van der Waals surface area contributed by atoms with Crippen molar-refractivity contribution in [3.05, 3.63) is 39.8 Å². The maximum absolute atomic E-state index is 13.1. The molecule has 0 fully saturated rings. The summed E-state index contributed by atoms with van der Waals surface area (Å²) in [6.45, 7) is 12.8. The highest BCUT2D eigenvalue weighted by molar-refractivity contribution is 7.17. The Bertz CT molecular complexity index is 970. The monoisotopic (exact) mass is 460 g/mol. The van der Waals surface area contributed by atoms with Crippen LogP contribution in [-0.2, 0) is 17.7 Å². The molecule has 32 heavy (non-hydrogen) atoms. The van der Waals surface area contributed by atoms with Crippen LogP contribution in [0, 0.1) is 0 Å². The maximum atomic E-state index is 13.1. The molecule has 3 rings (SSSR count). The number of amides is 1. The number of nitrogens with one attached hydrogen (secondary N) is 1. The molecule has 2 aromatic rings. The molecule has 0 radical (unpaired) electrons. The number of benzene rings is 1. The number of hydrogen-bond acceptors (Lipinski definition) is 7. The molecule has 0 saturated heterocycles. The predicted octanol–water partition coefficient (Wildman–Crippen LogP) is 4.74. The molecule has 174 valence electrons. The van der Waals surface area contributed by atoms with E-state index >= 15 is 0 Å². The van der Waals surface area contributed by atoms with Gasteiger partial charge in [-0.25, -0.2) is 4.79 Å². The lowest BCUT2D eigenvalue weighted by Gasteiger charge is -2.30. The summed E-state index contributed by atoms with van der Waals surface area (Å²) in [5, 5.41) is 3.49. The third-order valence-electron chi connectivity index (χ3n) is 5.33. The fourth-order valence-corrected chi connectivity index (χ4v) is 5.00. The average molecular weight is 461 g/mol. The number of thiophene rings is 1. The molecule has 0 aliphatic carbocycles. The first-order valence-electron chi connectivity index (χ1n) is 11.2. The van der Waals surface area contributed by atoms with E-state index in [0.29, 0.717) is 46.9 Å². The molecule has 1 aromatic carbocycles. The molecule has 1 aliphatic heterocycles. The van der Waals surface area contributed by atoms with Gasteiger partial charge in [-0.15, -0.1) is 11.3 Å². The Morgan fingerprint density at radius 2 is 1.81 bits per heavy atom. The first-order valence-corrected chi connectivity index (χ1v) is 12.0. The van der Waals surface area contributed by atoms with Gasteiger partial charge in [-0.05, 0) is 64.8 Å². The SMILES string of the molecule is CCOC(=O)c1c(NC(=O)c2ccc(OCC)c(OCC)c2)sc2c1CCN(C(C)C)C2. The fraction of sp³-hybridized carbons (Fsp3) is 0.500. The van der Waals surface area contributed by atoms with Gasteiger partial charge in [0.25, 0.3) is 5.91 Å². The van der Waals surface area contributed by atoms with Crippen LogP contribution >= 0.6 is 11.3 Å². The van der Waals surface area contributed by atoms with Gasteiger partial charge in [0.2, 0.25) is 0 Å². The van der Waals surface area contributed by atoms with Crippen molar-refractivity contribution in [2.24, 2.45) is 0 Å². The number of carbonyl (C=O) groups excluding carboxylic acids is 2. The van der Waals surface area contributed by atoms with E-state index in [0.717, 1.165) is 30.0 Å². The number of carbonyl (C=O) groups is 2. The Labute approximate surface area is 193 Å². The van der Waals surface area contributed by atoms with Crippen LogP contribution in [0.15, 0.2) is 18.2 Å². The van der Waals surface area contributed by atoms with E-state index in [-0.39, 0.29) is 18.5 Å². The highest BCUT2D eigenvalue weighted by atomic mass is 32.1. The largest absolute Gasteiger partial charge is 0.490 e. The second kappa shape index (κ2) is 10.8.